The molecule has 1 aliphatic carbocycles. The molecule has 0 heterocycles. The van der Waals surface area contributed by atoms with E-state index in [4.69, 9.17) is 9.84 Å². The van der Waals surface area contributed by atoms with E-state index in [1.165, 1.54) is 0 Å². The van der Waals surface area contributed by atoms with Crippen LogP contribution < -0.4 is 10.1 Å². The van der Waals surface area contributed by atoms with Crippen molar-refractivity contribution in [2.45, 2.75) is 25.8 Å². The van der Waals surface area contributed by atoms with Crippen LogP contribution in [0.15, 0.2) is 48.5 Å². The zero-order chi connectivity index (χ0) is 18.5. The van der Waals surface area contributed by atoms with Gasteiger partial charge in [-0.3, -0.25) is 9.59 Å². The Bertz CT molecular complexity index is 768. The molecule has 136 valence electrons. The highest BCUT2D eigenvalue weighted by Crippen LogP contribution is 2.31. The van der Waals surface area contributed by atoms with Gasteiger partial charge in [0, 0.05) is 12.5 Å². The molecule has 1 aliphatic rings. The van der Waals surface area contributed by atoms with Crippen LogP contribution in [0.25, 0.3) is 11.1 Å². The third-order valence-corrected chi connectivity index (χ3v) is 5.00. The third-order valence-electron chi connectivity index (χ3n) is 5.00. The zero-order valence-corrected chi connectivity index (χ0v) is 14.8. The van der Waals surface area contributed by atoms with Gasteiger partial charge in [0.05, 0.1) is 13.0 Å². The number of hydrogen-bond acceptors (Lipinski definition) is 3. The van der Waals surface area contributed by atoms with Gasteiger partial charge in [-0.05, 0) is 48.1 Å². The zero-order valence-electron chi connectivity index (χ0n) is 14.8. The molecule has 1 amide bonds. The minimum Gasteiger partial charge on any atom is -0.497 e. The first-order valence-electron chi connectivity index (χ1n) is 8.80. The van der Waals surface area contributed by atoms with E-state index in [1.807, 2.05) is 48.5 Å². The van der Waals surface area contributed by atoms with Gasteiger partial charge in [-0.1, -0.05) is 36.4 Å². The number of carbonyl (C=O) groups is 2. The van der Waals surface area contributed by atoms with Gasteiger partial charge in [0.1, 0.15) is 5.75 Å². The Kier molecular flexibility index (Phi) is 5.56. The van der Waals surface area contributed by atoms with Crippen LogP contribution in [0.2, 0.25) is 0 Å². The number of aliphatic carboxylic acids is 1. The fraction of sp³-hybridized carbons (Fsp3) is 0.333. The van der Waals surface area contributed by atoms with Crippen molar-refractivity contribution in [3.8, 4) is 16.9 Å². The van der Waals surface area contributed by atoms with E-state index in [2.05, 4.69) is 5.32 Å². The van der Waals surface area contributed by atoms with Gasteiger partial charge < -0.3 is 15.2 Å². The number of methoxy groups -OCH3 is 1. The van der Waals surface area contributed by atoms with Crippen LogP contribution in [0.3, 0.4) is 0 Å². The number of carboxylic acids is 1. The molecule has 5 heteroatoms. The summed E-state index contributed by atoms with van der Waals surface area (Å²) < 4.78 is 5.17. The number of amides is 1. The minimum atomic E-state index is -0.797. The lowest BCUT2D eigenvalue weighted by Crippen LogP contribution is -2.29. The molecular formula is C21H23NO4. The summed E-state index contributed by atoms with van der Waals surface area (Å²) in [6, 6.07) is 15.9. The van der Waals surface area contributed by atoms with Crippen LogP contribution >= 0.6 is 0 Å². The van der Waals surface area contributed by atoms with Crippen LogP contribution in [0, 0.1) is 11.8 Å². The predicted octanol–water partition coefficient (Wildman–Crippen LogP) is 3.48. The first kappa shape index (κ1) is 18.0. The largest absolute Gasteiger partial charge is 0.497 e. The van der Waals surface area contributed by atoms with Crippen LogP contribution in [-0.4, -0.2) is 24.1 Å². The number of carbonyl (C=O) groups excluding carboxylic acids is 1. The van der Waals surface area contributed by atoms with Crippen LogP contribution in [-0.2, 0) is 16.1 Å². The Labute approximate surface area is 153 Å². The number of hydrogen-bond donors (Lipinski definition) is 2. The second kappa shape index (κ2) is 8.04. The van der Waals surface area contributed by atoms with E-state index in [9.17, 15) is 9.59 Å². The maximum atomic E-state index is 12.2. The molecule has 2 atom stereocenters. The van der Waals surface area contributed by atoms with Gasteiger partial charge in [-0.15, -0.1) is 0 Å². The summed E-state index contributed by atoms with van der Waals surface area (Å²) in [5.74, 6) is -0.586. The third kappa shape index (κ3) is 4.23. The van der Waals surface area contributed by atoms with Crippen molar-refractivity contribution in [1.29, 1.82) is 0 Å². The first-order valence-corrected chi connectivity index (χ1v) is 8.80. The van der Waals surface area contributed by atoms with Crippen LogP contribution in [0.1, 0.15) is 24.8 Å². The van der Waals surface area contributed by atoms with Crippen molar-refractivity contribution in [3.63, 3.8) is 0 Å². The fourth-order valence-corrected chi connectivity index (χ4v) is 3.38. The smallest absolute Gasteiger partial charge is 0.306 e. The molecule has 0 aromatic heterocycles. The summed E-state index contributed by atoms with van der Waals surface area (Å²) in [6.07, 6.45) is 1.68. The number of carboxylic acid groups (broad SMARTS) is 1. The SMILES string of the molecule is COc1ccc(-c2ccc(CNC(=O)[C@@H]3CC[C@H](C(=O)O)C3)cc2)cc1. The summed E-state index contributed by atoms with van der Waals surface area (Å²) in [4.78, 5) is 23.2. The predicted molar refractivity (Wildman–Crippen MR) is 98.7 cm³/mol. The van der Waals surface area contributed by atoms with Gasteiger partial charge in [-0.25, -0.2) is 0 Å². The Morgan fingerprint density at radius 3 is 2.12 bits per heavy atom. The molecule has 5 nitrogen and oxygen atoms in total. The van der Waals surface area contributed by atoms with E-state index in [-0.39, 0.29) is 17.7 Å². The molecule has 2 aromatic carbocycles. The highest BCUT2D eigenvalue weighted by Gasteiger charge is 2.33. The van der Waals surface area contributed by atoms with Crippen molar-refractivity contribution in [1.82, 2.24) is 5.32 Å². The second-order valence-electron chi connectivity index (χ2n) is 6.69. The second-order valence-corrected chi connectivity index (χ2v) is 6.69. The lowest BCUT2D eigenvalue weighted by molar-refractivity contribution is -0.141. The molecule has 2 aromatic rings. The number of rotatable bonds is 6. The van der Waals surface area contributed by atoms with Gasteiger partial charge in [0.2, 0.25) is 5.91 Å². The highest BCUT2D eigenvalue weighted by atomic mass is 16.5. The molecule has 0 spiro atoms. The molecular weight excluding hydrogens is 330 g/mol. The van der Waals surface area contributed by atoms with Crippen molar-refractivity contribution in [3.05, 3.63) is 54.1 Å². The number of benzene rings is 2. The Morgan fingerprint density at radius 2 is 1.58 bits per heavy atom. The summed E-state index contributed by atoms with van der Waals surface area (Å²) >= 11 is 0. The first-order chi connectivity index (χ1) is 12.6. The normalized spacial score (nSPS) is 19.1. The van der Waals surface area contributed by atoms with E-state index in [1.54, 1.807) is 7.11 Å². The lowest BCUT2D eigenvalue weighted by atomic mass is 10.0. The molecule has 0 unspecified atom stereocenters. The Morgan fingerprint density at radius 1 is 1.00 bits per heavy atom. The van der Waals surface area contributed by atoms with E-state index >= 15 is 0 Å². The molecule has 2 N–H and O–H groups in total. The minimum absolute atomic E-state index is 0.0482. The van der Waals surface area contributed by atoms with Crippen molar-refractivity contribution >= 4 is 11.9 Å². The van der Waals surface area contributed by atoms with Crippen molar-refractivity contribution < 1.29 is 19.4 Å². The van der Waals surface area contributed by atoms with Gasteiger partial charge in [0.15, 0.2) is 0 Å². The van der Waals surface area contributed by atoms with Gasteiger partial charge in [-0.2, -0.15) is 0 Å². The average Bonchev–Trinajstić information content (AvgIpc) is 3.17. The molecule has 1 fully saturated rings. The number of ether oxygens (including phenoxy) is 1. The van der Waals surface area contributed by atoms with Gasteiger partial charge in [0.25, 0.3) is 0 Å². The summed E-state index contributed by atoms with van der Waals surface area (Å²) in [6.45, 7) is 0.454. The van der Waals surface area contributed by atoms with Crippen LogP contribution in [0.5, 0.6) is 5.75 Å². The standard InChI is InChI=1S/C21H23NO4/c1-26-19-10-8-16(9-11-19)15-4-2-14(3-5-15)13-22-20(23)17-6-7-18(12-17)21(24)25/h2-5,8-11,17-18H,6-7,12-13H2,1H3,(H,22,23)(H,24,25)/t17-,18+/m1/s1. The maximum absolute atomic E-state index is 12.2. The van der Waals surface area contributed by atoms with E-state index < -0.39 is 5.97 Å². The van der Waals surface area contributed by atoms with Gasteiger partial charge >= 0.3 is 5.97 Å². The fourth-order valence-electron chi connectivity index (χ4n) is 3.38. The average molecular weight is 353 g/mol. The molecule has 26 heavy (non-hydrogen) atoms. The molecule has 0 radical (unpaired) electrons. The Hall–Kier alpha value is -2.82. The molecule has 3 rings (SSSR count). The Balaban J connectivity index is 1.54. The van der Waals surface area contributed by atoms with Crippen molar-refractivity contribution in [2.24, 2.45) is 11.8 Å². The summed E-state index contributed by atoms with van der Waals surface area (Å²) in [5, 5.41) is 12.0. The van der Waals surface area contributed by atoms with E-state index in [0.717, 1.165) is 22.4 Å². The molecule has 0 saturated heterocycles. The van der Waals surface area contributed by atoms with E-state index in [0.29, 0.717) is 25.8 Å². The highest BCUT2D eigenvalue weighted by molar-refractivity contribution is 5.80. The summed E-state index contributed by atoms with van der Waals surface area (Å²) in [7, 11) is 1.64. The quantitative estimate of drug-likeness (QED) is 0.834. The summed E-state index contributed by atoms with van der Waals surface area (Å²) in [5.41, 5.74) is 3.22. The maximum Gasteiger partial charge on any atom is 0.306 e. The lowest BCUT2D eigenvalue weighted by Gasteiger charge is -2.11. The van der Waals surface area contributed by atoms with Crippen LogP contribution in [0.4, 0.5) is 0 Å². The number of nitrogens with one attached hydrogen (secondary N) is 1. The monoisotopic (exact) mass is 353 g/mol. The molecule has 0 aliphatic heterocycles. The topological polar surface area (TPSA) is 75.6 Å². The van der Waals surface area contributed by atoms with Crippen molar-refractivity contribution in [2.75, 3.05) is 7.11 Å². The molecule has 1 saturated carbocycles. The molecule has 0 bridgehead atoms.